The molecule has 0 spiro atoms. The molecule has 0 aliphatic rings. The molecule has 6 rings (SSSR count). The molecule has 0 atom stereocenters. The molecule has 0 aliphatic carbocycles. The van der Waals surface area contributed by atoms with Gasteiger partial charge >= 0.3 is 12.4 Å². The van der Waals surface area contributed by atoms with Crippen molar-refractivity contribution in [3.63, 3.8) is 0 Å². The second-order valence-electron chi connectivity index (χ2n) is 12.5. The van der Waals surface area contributed by atoms with Gasteiger partial charge in [-0.2, -0.15) is 26.3 Å². The van der Waals surface area contributed by atoms with Crippen LogP contribution in [0.4, 0.5) is 49.4 Å². The molecule has 2 aromatic carbocycles. The van der Waals surface area contributed by atoms with Crippen molar-refractivity contribution in [3.05, 3.63) is 151 Å². The van der Waals surface area contributed by atoms with Gasteiger partial charge in [0.2, 0.25) is 5.78 Å². The lowest BCUT2D eigenvalue weighted by atomic mass is 10.1. The van der Waals surface area contributed by atoms with Gasteiger partial charge in [-0.3, -0.25) is 19.2 Å². The predicted molar refractivity (Wildman–Crippen MR) is 226 cm³/mol. The molecule has 6 aromatic rings. The van der Waals surface area contributed by atoms with Crippen molar-refractivity contribution in [1.82, 2.24) is 19.9 Å². The predicted octanol–water partition coefficient (Wildman–Crippen LogP) is 9.00. The van der Waals surface area contributed by atoms with Gasteiger partial charge in [0.1, 0.15) is 35.8 Å². The van der Waals surface area contributed by atoms with E-state index in [4.69, 9.17) is 62.7 Å². The van der Waals surface area contributed by atoms with Crippen LogP contribution in [0, 0.1) is 0 Å². The largest absolute Gasteiger partial charge is 0.417 e. The minimum absolute atomic E-state index is 0.0180. The van der Waals surface area contributed by atoms with E-state index in [1.54, 1.807) is 0 Å². The minimum Gasteiger partial charge on any atom is -0.399 e. The Kier molecular flexibility index (Phi) is 14.9. The molecule has 6 N–H and O–H groups in total. The third-order valence-electron chi connectivity index (χ3n) is 8.02. The lowest BCUT2D eigenvalue weighted by Gasteiger charge is -2.15. The fraction of sp³-hybridized carbons (Fsp3) is 0.0811. The zero-order valence-corrected chi connectivity index (χ0v) is 36.3. The number of oxime groups is 1. The SMILES string of the molecule is CON=C(c1ccnc(N)c1)c1ncc(Cl)cc1NS(=O)(=O)c1ccc(Cl)c(C(F)(F)F)c1.Nc1cc(C(=O)c2ncc(Cl)cc2NS(=O)(=O)c2ccc(Cl)c(C(F)(F)F)c2)ccn1. The molecule has 0 radical (unpaired) electrons. The van der Waals surface area contributed by atoms with Crippen LogP contribution in [0.3, 0.4) is 0 Å². The number of benzene rings is 2. The van der Waals surface area contributed by atoms with Crippen molar-refractivity contribution in [2.24, 2.45) is 5.16 Å². The molecule has 0 bridgehead atoms. The number of sulfonamides is 2. The topological polar surface area (TPSA) is 235 Å². The molecule has 0 unspecified atom stereocenters. The maximum Gasteiger partial charge on any atom is 0.417 e. The third kappa shape index (κ3) is 12.0. The van der Waals surface area contributed by atoms with Crippen LogP contribution in [-0.2, 0) is 37.2 Å². The van der Waals surface area contributed by atoms with E-state index in [0.717, 1.165) is 36.5 Å². The van der Waals surface area contributed by atoms with E-state index in [1.165, 1.54) is 56.0 Å². The van der Waals surface area contributed by atoms with Crippen LogP contribution in [0.1, 0.15) is 38.4 Å². The summed E-state index contributed by atoms with van der Waals surface area (Å²) in [6.07, 6.45) is -4.72. The van der Waals surface area contributed by atoms with Crippen LogP contribution in [0.15, 0.2) is 113 Å². The summed E-state index contributed by atoms with van der Waals surface area (Å²) in [6.45, 7) is 0. The Labute approximate surface area is 378 Å². The van der Waals surface area contributed by atoms with E-state index in [-0.39, 0.29) is 55.7 Å². The second kappa shape index (κ2) is 19.4. The number of nitrogens with zero attached hydrogens (tertiary/aromatic N) is 5. The Bertz CT molecular complexity index is 3020. The molecule has 0 aliphatic heterocycles. The Hall–Kier alpha value is -5.98. The van der Waals surface area contributed by atoms with Crippen molar-refractivity contribution in [3.8, 4) is 0 Å². The molecule has 4 aromatic heterocycles. The maximum atomic E-state index is 13.2. The van der Waals surface area contributed by atoms with Gasteiger partial charge in [-0.25, -0.2) is 31.8 Å². The molecular formula is C37H25Cl4F6N9O6S2. The van der Waals surface area contributed by atoms with Crippen molar-refractivity contribution in [1.29, 1.82) is 0 Å². The van der Waals surface area contributed by atoms with Gasteiger partial charge in [0.15, 0.2) is 0 Å². The number of pyridine rings is 4. The van der Waals surface area contributed by atoms with Crippen LogP contribution in [-0.4, -0.2) is 55.4 Å². The number of hydrogen-bond acceptors (Lipinski definition) is 13. The van der Waals surface area contributed by atoms with Crippen molar-refractivity contribution < 1.29 is 52.8 Å². The summed E-state index contributed by atoms with van der Waals surface area (Å²) in [5.74, 6) is -0.522. The van der Waals surface area contributed by atoms with Gasteiger partial charge in [0, 0.05) is 35.9 Å². The molecule has 0 saturated carbocycles. The molecule has 0 saturated heterocycles. The molecule has 0 amide bonds. The first-order valence-electron chi connectivity index (χ1n) is 17.0. The first-order chi connectivity index (χ1) is 29.8. The first kappa shape index (κ1) is 49.0. The standard InChI is InChI=1S/C19H14Cl2F3N5O3S.C18H11Cl2F3N4O3S/c1-32-28-17(10-4-5-26-16(25)6-10)18-15(7-11(20)9-27-18)29-33(30,31)12-2-3-14(21)13(8-12)19(22,23)24;19-10-6-14(16(26-8-10)17(28)9-3-4-25-15(24)5-9)27-31(29,30)11-1-2-13(20)12(7-11)18(21,22)23/h2-9,29H,1H3,(H2,25,26);1-8,27H,(H2,24,25). The van der Waals surface area contributed by atoms with E-state index in [2.05, 4.69) is 34.5 Å². The number of carbonyl (C=O) groups excluding carboxylic acids is 1. The zero-order chi connectivity index (χ0) is 47.4. The number of nitrogens with one attached hydrogen (secondary N) is 2. The van der Waals surface area contributed by atoms with Crippen LogP contribution in [0.2, 0.25) is 20.1 Å². The Morgan fingerprint density at radius 3 is 1.48 bits per heavy atom. The highest BCUT2D eigenvalue weighted by molar-refractivity contribution is 7.93. The van der Waals surface area contributed by atoms with Crippen molar-refractivity contribution in [2.45, 2.75) is 22.1 Å². The fourth-order valence-corrected chi connectivity index (χ4v) is 8.17. The number of nitrogens with two attached hydrogens (primary N) is 2. The summed E-state index contributed by atoms with van der Waals surface area (Å²) in [4.78, 5) is 31.9. The van der Waals surface area contributed by atoms with Gasteiger partial charge in [-0.05, 0) is 72.8 Å². The minimum atomic E-state index is -4.87. The van der Waals surface area contributed by atoms with E-state index in [9.17, 15) is 48.0 Å². The zero-order valence-electron chi connectivity index (χ0n) is 31.7. The molecule has 15 nitrogen and oxygen atoms in total. The van der Waals surface area contributed by atoms with Crippen LogP contribution in [0.5, 0.6) is 0 Å². The van der Waals surface area contributed by atoms with Crippen molar-refractivity contribution in [2.75, 3.05) is 28.0 Å². The average molecular weight is 1010 g/mol. The summed E-state index contributed by atoms with van der Waals surface area (Å²) in [5.41, 5.74) is 8.27. The first-order valence-corrected chi connectivity index (χ1v) is 21.5. The Morgan fingerprint density at radius 2 is 1.05 bits per heavy atom. The van der Waals surface area contributed by atoms with Crippen molar-refractivity contribution >= 4 is 101 Å². The number of alkyl halides is 6. The highest BCUT2D eigenvalue weighted by Crippen LogP contribution is 2.38. The highest BCUT2D eigenvalue weighted by Gasteiger charge is 2.36. The summed E-state index contributed by atoms with van der Waals surface area (Å²) in [7, 11) is -7.84. The number of hydrogen-bond donors (Lipinski definition) is 4. The van der Waals surface area contributed by atoms with E-state index in [0.29, 0.717) is 17.7 Å². The van der Waals surface area contributed by atoms with Crippen LogP contribution >= 0.6 is 46.4 Å². The van der Waals surface area contributed by atoms with Gasteiger partial charge in [-0.15, -0.1) is 0 Å². The Balaban J connectivity index is 0.000000241. The number of carbonyl (C=O) groups is 1. The number of nitrogen functional groups attached to an aromatic ring is 2. The van der Waals surface area contributed by atoms with Gasteiger partial charge in [0.05, 0.1) is 52.4 Å². The van der Waals surface area contributed by atoms with Gasteiger partial charge < -0.3 is 16.3 Å². The third-order valence-corrected chi connectivity index (χ3v) is 11.8. The average Bonchev–Trinajstić information content (AvgIpc) is 3.19. The highest BCUT2D eigenvalue weighted by atomic mass is 35.5. The van der Waals surface area contributed by atoms with E-state index < -0.39 is 69.1 Å². The number of anilines is 4. The molecule has 336 valence electrons. The lowest BCUT2D eigenvalue weighted by molar-refractivity contribution is -0.138. The molecule has 4 heterocycles. The fourth-order valence-electron chi connectivity index (χ4n) is 5.23. The van der Waals surface area contributed by atoms with E-state index >= 15 is 0 Å². The number of halogens is 10. The van der Waals surface area contributed by atoms with Crippen LogP contribution in [0.25, 0.3) is 0 Å². The van der Waals surface area contributed by atoms with Crippen LogP contribution < -0.4 is 20.9 Å². The van der Waals surface area contributed by atoms with Gasteiger partial charge in [0.25, 0.3) is 20.0 Å². The summed E-state index contributed by atoms with van der Waals surface area (Å²) < 4.78 is 134. The maximum absolute atomic E-state index is 13.2. The number of ketones is 1. The summed E-state index contributed by atoms with van der Waals surface area (Å²) >= 11 is 23.0. The number of aromatic nitrogens is 4. The normalized spacial score (nSPS) is 12.2. The van der Waals surface area contributed by atoms with E-state index in [1.807, 2.05) is 0 Å². The monoisotopic (exact) mass is 1010 g/mol. The molecule has 0 fully saturated rings. The summed E-state index contributed by atoms with van der Waals surface area (Å²) in [6, 6.07) is 12.2. The Morgan fingerprint density at radius 1 is 0.625 bits per heavy atom. The smallest absolute Gasteiger partial charge is 0.399 e. The van der Waals surface area contributed by atoms with Gasteiger partial charge in [-0.1, -0.05) is 51.6 Å². The second-order valence-corrected chi connectivity index (χ2v) is 17.5. The summed E-state index contributed by atoms with van der Waals surface area (Å²) in [5, 5.41) is 2.61. The molecule has 27 heteroatoms. The molecule has 64 heavy (non-hydrogen) atoms. The molecular weight excluding hydrogens is 986 g/mol. The quantitative estimate of drug-likeness (QED) is 0.0412. The number of rotatable bonds is 11. The lowest BCUT2D eigenvalue weighted by Crippen LogP contribution is -2.18.